The van der Waals surface area contributed by atoms with Gasteiger partial charge in [-0.05, 0) is 49.1 Å². The summed E-state index contributed by atoms with van der Waals surface area (Å²) in [6.45, 7) is 0.418. The Bertz CT molecular complexity index is 618. The number of anilines is 1. The Balaban J connectivity index is 1.39. The molecule has 3 nitrogen and oxygen atoms in total. The summed E-state index contributed by atoms with van der Waals surface area (Å²) in [5, 5.41) is 6.33. The smallest absolute Gasteiger partial charge is 0.279 e. The van der Waals surface area contributed by atoms with Crippen LogP contribution in [0.1, 0.15) is 38.5 Å². The van der Waals surface area contributed by atoms with Crippen molar-refractivity contribution in [2.45, 2.75) is 44.1 Å². The minimum atomic E-state index is -0.0585. The molecule has 4 bridgehead atoms. The molecule has 1 amide bonds. The van der Waals surface area contributed by atoms with Gasteiger partial charge in [0, 0.05) is 24.3 Å². The van der Waals surface area contributed by atoms with E-state index in [0.717, 1.165) is 17.8 Å². The molecule has 0 saturated heterocycles. The summed E-state index contributed by atoms with van der Waals surface area (Å²) in [6.07, 6.45) is 8.05. The van der Waals surface area contributed by atoms with Crippen molar-refractivity contribution in [3.05, 3.63) is 27.2 Å². The van der Waals surface area contributed by atoms with Gasteiger partial charge in [0.2, 0.25) is 0 Å². The zero-order valence-corrected chi connectivity index (χ0v) is 15.7. The Morgan fingerprint density at radius 1 is 1.04 bits per heavy atom. The largest absolute Gasteiger partial charge is 0.334 e. The summed E-state index contributed by atoms with van der Waals surface area (Å²) in [7, 11) is 0. The summed E-state index contributed by atoms with van der Waals surface area (Å²) < 4.78 is 0. The number of quaternary nitrogens is 1. The molecule has 5 rings (SSSR count). The Kier molecular flexibility index (Phi) is 4.49. The van der Waals surface area contributed by atoms with Crippen LogP contribution >= 0.6 is 34.8 Å². The van der Waals surface area contributed by atoms with E-state index in [4.69, 9.17) is 34.8 Å². The fourth-order valence-electron chi connectivity index (χ4n) is 5.59. The fourth-order valence-corrected chi connectivity index (χ4v) is 6.50. The van der Waals surface area contributed by atoms with Crippen molar-refractivity contribution in [2.24, 2.45) is 17.8 Å². The van der Waals surface area contributed by atoms with Crippen LogP contribution in [-0.4, -0.2) is 18.0 Å². The van der Waals surface area contributed by atoms with E-state index in [1.165, 1.54) is 38.5 Å². The van der Waals surface area contributed by atoms with Gasteiger partial charge in [-0.2, -0.15) is 0 Å². The minimum absolute atomic E-state index is 0.0585. The SMILES string of the molecule is O=C(C[NH2+]C12CC3CC(CC(C3)C1)C2)Nc1c(Cl)cc(Cl)cc1Cl. The van der Waals surface area contributed by atoms with Gasteiger partial charge in [0.15, 0.2) is 6.54 Å². The van der Waals surface area contributed by atoms with Crippen molar-refractivity contribution in [1.82, 2.24) is 0 Å². The Morgan fingerprint density at radius 2 is 1.54 bits per heavy atom. The third-order valence-electron chi connectivity index (χ3n) is 6.08. The molecule has 0 unspecified atom stereocenters. The maximum Gasteiger partial charge on any atom is 0.279 e. The zero-order chi connectivity index (χ0) is 16.9. The normalized spacial score (nSPS) is 33.7. The number of carbonyl (C=O) groups excluding carboxylic acids is 1. The summed E-state index contributed by atoms with van der Waals surface area (Å²) >= 11 is 18.2. The molecular weight excluding hydrogens is 367 g/mol. The molecule has 0 aromatic heterocycles. The van der Waals surface area contributed by atoms with Crippen LogP contribution in [0.25, 0.3) is 0 Å². The van der Waals surface area contributed by atoms with Crippen LogP contribution in [0.4, 0.5) is 5.69 Å². The molecule has 1 aromatic carbocycles. The maximum absolute atomic E-state index is 12.4. The highest BCUT2D eigenvalue weighted by atomic mass is 35.5. The quantitative estimate of drug-likeness (QED) is 0.801. The Morgan fingerprint density at radius 3 is 2.04 bits per heavy atom. The van der Waals surface area contributed by atoms with Crippen molar-refractivity contribution < 1.29 is 10.1 Å². The van der Waals surface area contributed by atoms with Crippen molar-refractivity contribution in [3.63, 3.8) is 0 Å². The van der Waals surface area contributed by atoms with E-state index in [2.05, 4.69) is 10.6 Å². The van der Waals surface area contributed by atoms with Crippen LogP contribution in [0.3, 0.4) is 0 Å². The fraction of sp³-hybridized carbons (Fsp3) is 0.611. The second-order valence-corrected chi connectivity index (χ2v) is 9.23. The number of nitrogens with two attached hydrogens (primary N) is 1. The van der Waals surface area contributed by atoms with E-state index in [9.17, 15) is 4.79 Å². The molecule has 4 saturated carbocycles. The highest BCUT2D eigenvalue weighted by Gasteiger charge is 2.53. The molecular formula is C18H22Cl3N2O+. The van der Waals surface area contributed by atoms with Crippen LogP contribution in [0.5, 0.6) is 0 Å². The van der Waals surface area contributed by atoms with Crippen molar-refractivity contribution in [3.8, 4) is 0 Å². The first-order valence-electron chi connectivity index (χ1n) is 8.71. The summed E-state index contributed by atoms with van der Waals surface area (Å²) in [4.78, 5) is 12.4. The molecule has 3 N–H and O–H groups in total. The number of nitrogens with one attached hydrogen (secondary N) is 1. The molecule has 130 valence electrons. The Labute approximate surface area is 157 Å². The number of rotatable bonds is 4. The molecule has 4 aliphatic carbocycles. The van der Waals surface area contributed by atoms with E-state index < -0.39 is 0 Å². The number of amides is 1. The summed E-state index contributed by atoms with van der Waals surface area (Å²) in [6, 6.07) is 3.18. The molecule has 4 fully saturated rings. The lowest BCUT2D eigenvalue weighted by atomic mass is 9.53. The van der Waals surface area contributed by atoms with Crippen LogP contribution in [-0.2, 0) is 4.79 Å². The predicted octanol–water partition coefficient (Wildman–Crippen LogP) is 4.12. The van der Waals surface area contributed by atoms with E-state index in [1.807, 2.05) is 0 Å². The molecule has 0 radical (unpaired) electrons. The van der Waals surface area contributed by atoms with Gasteiger partial charge in [-0.15, -0.1) is 0 Å². The summed E-state index contributed by atoms with van der Waals surface area (Å²) in [5.41, 5.74) is 0.742. The summed E-state index contributed by atoms with van der Waals surface area (Å²) in [5.74, 6) is 2.60. The van der Waals surface area contributed by atoms with Gasteiger partial charge >= 0.3 is 0 Å². The van der Waals surface area contributed by atoms with Crippen molar-refractivity contribution >= 4 is 46.4 Å². The molecule has 0 heterocycles. The van der Waals surface area contributed by atoms with Gasteiger partial charge < -0.3 is 10.6 Å². The lowest BCUT2D eigenvalue weighted by Gasteiger charge is -2.54. The molecule has 0 spiro atoms. The second-order valence-electron chi connectivity index (χ2n) is 7.98. The van der Waals surface area contributed by atoms with E-state index in [1.54, 1.807) is 12.1 Å². The van der Waals surface area contributed by atoms with Crippen LogP contribution in [0, 0.1) is 17.8 Å². The first-order valence-corrected chi connectivity index (χ1v) is 9.85. The minimum Gasteiger partial charge on any atom is -0.334 e. The van der Waals surface area contributed by atoms with Gasteiger partial charge in [-0.25, -0.2) is 0 Å². The first-order chi connectivity index (χ1) is 11.4. The van der Waals surface area contributed by atoms with Gasteiger partial charge in [-0.3, -0.25) is 4.79 Å². The molecule has 0 atom stereocenters. The van der Waals surface area contributed by atoms with E-state index in [-0.39, 0.29) is 5.91 Å². The number of carbonyl (C=O) groups is 1. The maximum atomic E-state index is 12.4. The molecule has 4 aliphatic rings. The Hall–Kier alpha value is -0.480. The molecule has 1 aromatic rings. The van der Waals surface area contributed by atoms with Crippen molar-refractivity contribution in [2.75, 3.05) is 11.9 Å². The average molecular weight is 389 g/mol. The molecule has 0 aliphatic heterocycles. The number of benzene rings is 1. The average Bonchev–Trinajstić information content (AvgIpc) is 2.47. The number of halogens is 3. The monoisotopic (exact) mass is 387 g/mol. The van der Waals surface area contributed by atoms with E-state index in [0.29, 0.717) is 32.8 Å². The van der Waals surface area contributed by atoms with Gasteiger partial charge in [0.1, 0.15) is 0 Å². The second kappa shape index (κ2) is 6.35. The highest BCUT2D eigenvalue weighted by molar-refractivity contribution is 6.42. The van der Waals surface area contributed by atoms with Crippen LogP contribution in [0.15, 0.2) is 12.1 Å². The van der Waals surface area contributed by atoms with E-state index >= 15 is 0 Å². The third-order valence-corrected chi connectivity index (χ3v) is 6.89. The van der Waals surface area contributed by atoms with Gasteiger partial charge in [0.05, 0.1) is 21.3 Å². The predicted molar refractivity (Wildman–Crippen MR) is 97.8 cm³/mol. The first kappa shape index (κ1) is 17.0. The van der Waals surface area contributed by atoms with Crippen molar-refractivity contribution in [1.29, 1.82) is 0 Å². The highest BCUT2D eigenvalue weighted by Crippen LogP contribution is 2.54. The topological polar surface area (TPSA) is 45.7 Å². The van der Waals surface area contributed by atoms with Gasteiger partial charge in [0.25, 0.3) is 5.91 Å². The number of hydrogen-bond donors (Lipinski definition) is 2. The van der Waals surface area contributed by atoms with Gasteiger partial charge in [-0.1, -0.05) is 34.8 Å². The lowest BCUT2D eigenvalue weighted by molar-refractivity contribution is -0.729. The molecule has 6 heteroatoms. The lowest BCUT2D eigenvalue weighted by Crippen LogP contribution is -3.00. The number of hydrogen-bond acceptors (Lipinski definition) is 1. The molecule has 24 heavy (non-hydrogen) atoms. The zero-order valence-electron chi connectivity index (χ0n) is 13.5. The van der Waals surface area contributed by atoms with Crippen LogP contribution < -0.4 is 10.6 Å². The standard InChI is InChI=1S/C18H21Cl3N2O/c19-13-4-14(20)17(15(21)5-13)23-16(24)9-22-18-6-10-1-11(7-18)3-12(2-10)8-18/h4-5,10-12,22H,1-3,6-9H2,(H,23,24)/p+1. The third kappa shape index (κ3) is 3.29. The van der Waals surface area contributed by atoms with Crippen LogP contribution in [0.2, 0.25) is 15.1 Å².